The van der Waals surface area contributed by atoms with E-state index >= 15 is 0 Å². The number of phenolic OH excluding ortho intramolecular Hbond substituents is 2. The average molecular weight is 378 g/mol. The Hall–Kier alpha value is -2.53. The molecular weight excluding hydrogens is 352 g/mol. The van der Waals surface area contributed by atoms with Crippen molar-refractivity contribution in [2.45, 2.75) is 37.8 Å². The van der Waals surface area contributed by atoms with Crippen LogP contribution < -0.4 is 0 Å². The van der Waals surface area contributed by atoms with Gasteiger partial charge in [0.15, 0.2) is 0 Å². The molecule has 6 rings (SSSR count). The van der Waals surface area contributed by atoms with Crippen molar-refractivity contribution in [3.05, 3.63) is 59.2 Å². The van der Waals surface area contributed by atoms with Crippen LogP contribution in [0.5, 0.6) is 11.5 Å². The second-order valence-corrected chi connectivity index (χ2v) is 8.46. The second kappa shape index (κ2) is 6.52. The van der Waals surface area contributed by atoms with Crippen molar-refractivity contribution in [3.8, 4) is 11.5 Å². The summed E-state index contributed by atoms with van der Waals surface area (Å²) in [5.74, 6) is 1.18. The molecule has 3 atom stereocenters. The van der Waals surface area contributed by atoms with E-state index in [9.17, 15) is 15.0 Å². The molecule has 146 valence electrons. The number of benzene rings is 2. The number of aromatic hydroxyl groups is 2. The van der Waals surface area contributed by atoms with Gasteiger partial charge in [-0.25, -0.2) is 0 Å². The van der Waals surface area contributed by atoms with Crippen LogP contribution in [-0.4, -0.2) is 57.6 Å². The topological polar surface area (TPSA) is 64.0 Å². The van der Waals surface area contributed by atoms with Crippen LogP contribution in [0.15, 0.2) is 42.5 Å². The molecule has 28 heavy (non-hydrogen) atoms. The molecule has 4 fully saturated rings. The fraction of sp³-hybridized carbons (Fsp3) is 0.435. The Kier molecular flexibility index (Phi) is 4.09. The Morgan fingerprint density at radius 3 is 2.54 bits per heavy atom. The summed E-state index contributed by atoms with van der Waals surface area (Å²) in [6, 6.07) is 13.2. The van der Waals surface area contributed by atoms with E-state index in [2.05, 4.69) is 15.9 Å². The summed E-state index contributed by atoms with van der Waals surface area (Å²) in [6.07, 6.45) is 2.27. The molecule has 1 amide bonds. The van der Waals surface area contributed by atoms with Crippen LogP contribution in [0, 0.1) is 12.8 Å². The number of amides is 1. The number of carbonyl (C=O) groups excluding carboxylic acids is 1. The highest BCUT2D eigenvalue weighted by Crippen LogP contribution is 2.47. The zero-order valence-electron chi connectivity index (χ0n) is 16.1. The standard InChI is InChI=1S/C23H26N2O3/c1-14-18(6-3-7-20(14)27)23(28)25-13-19(16-4-2-5-17(26)12-16)22-21(25)15-8-10-24(22)11-9-15/h2-7,12,15,19,21-22,26-27H,8-11,13H2,1H3/t19-,21+,22+/m1/s1. The third kappa shape index (κ3) is 2.60. The first-order valence-corrected chi connectivity index (χ1v) is 10.2. The van der Waals surface area contributed by atoms with Gasteiger partial charge in [-0.05, 0) is 68.6 Å². The Bertz CT molecular complexity index is 920. The van der Waals surface area contributed by atoms with Crippen molar-refractivity contribution in [1.29, 1.82) is 0 Å². The third-order valence-electron chi connectivity index (χ3n) is 7.09. The molecule has 2 N–H and O–H groups in total. The minimum atomic E-state index is 0.0137. The van der Waals surface area contributed by atoms with E-state index in [-0.39, 0.29) is 29.4 Å². The third-order valence-corrected chi connectivity index (χ3v) is 7.09. The minimum Gasteiger partial charge on any atom is -0.508 e. The first kappa shape index (κ1) is 17.6. The number of likely N-dealkylation sites (tertiary alicyclic amines) is 1. The van der Waals surface area contributed by atoms with E-state index in [0.29, 0.717) is 29.6 Å². The van der Waals surface area contributed by atoms with Gasteiger partial charge in [-0.3, -0.25) is 9.69 Å². The quantitative estimate of drug-likeness (QED) is 0.843. The summed E-state index contributed by atoms with van der Waals surface area (Å²) in [4.78, 5) is 18.1. The van der Waals surface area contributed by atoms with Crippen molar-refractivity contribution >= 4 is 5.91 Å². The highest BCUT2D eigenvalue weighted by Gasteiger charge is 2.54. The lowest BCUT2D eigenvalue weighted by atomic mass is 9.75. The van der Waals surface area contributed by atoms with Gasteiger partial charge in [-0.2, -0.15) is 0 Å². The van der Waals surface area contributed by atoms with E-state index in [4.69, 9.17) is 0 Å². The maximum Gasteiger partial charge on any atom is 0.254 e. The van der Waals surface area contributed by atoms with E-state index in [1.54, 1.807) is 25.1 Å². The van der Waals surface area contributed by atoms with Gasteiger partial charge in [0.25, 0.3) is 5.91 Å². The van der Waals surface area contributed by atoms with Crippen LogP contribution in [0.4, 0.5) is 0 Å². The average Bonchev–Trinajstić information content (AvgIpc) is 3.13. The summed E-state index contributed by atoms with van der Waals surface area (Å²) in [6.45, 7) is 4.64. The number of carbonyl (C=O) groups is 1. The van der Waals surface area contributed by atoms with Crippen LogP contribution in [0.1, 0.15) is 40.2 Å². The van der Waals surface area contributed by atoms with E-state index < -0.39 is 0 Å². The molecule has 4 heterocycles. The van der Waals surface area contributed by atoms with Gasteiger partial charge in [0.1, 0.15) is 11.5 Å². The van der Waals surface area contributed by atoms with Crippen LogP contribution in [0.3, 0.4) is 0 Å². The lowest BCUT2D eigenvalue weighted by molar-refractivity contribution is -0.00344. The van der Waals surface area contributed by atoms with Crippen LogP contribution in [0.2, 0.25) is 0 Å². The predicted octanol–water partition coefficient (Wildman–Crippen LogP) is 3.11. The van der Waals surface area contributed by atoms with Crippen molar-refractivity contribution in [3.63, 3.8) is 0 Å². The fourth-order valence-corrected chi connectivity index (χ4v) is 5.71. The van der Waals surface area contributed by atoms with Crippen LogP contribution in [-0.2, 0) is 0 Å². The van der Waals surface area contributed by atoms with Gasteiger partial charge in [-0.15, -0.1) is 0 Å². The maximum absolute atomic E-state index is 13.5. The maximum atomic E-state index is 13.5. The smallest absolute Gasteiger partial charge is 0.254 e. The van der Waals surface area contributed by atoms with Crippen molar-refractivity contribution in [1.82, 2.24) is 9.80 Å². The predicted molar refractivity (Wildman–Crippen MR) is 107 cm³/mol. The van der Waals surface area contributed by atoms with Crippen molar-refractivity contribution in [2.24, 2.45) is 5.92 Å². The zero-order chi connectivity index (χ0) is 19.4. The first-order chi connectivity index (χ1) is 13.5. The van der Waals surface area contributed by atoms with Crippen LogP contribution >= 0.6 is 0 Å². The molecule has 4 saturated heterocycles. The van der Waals surface area contributed by atoms with E-state index in [1.165, 1.54) is 0 Å². The Morgan fingerprint density at radius 2 is 1.79 bits per heavy atom. The molecule has 4 aliphatic heterocycles. The Labute approximate surface area is 165 Å². The molecule has 2 aromatic rings. The molecule has 0 spiro atoms. The largest absolute Gasteiger partial charge is 0.508 e. The molecule has 0 aliphatic carbocycles. The highest BCUT2D eigenvalue weighted by molar-refractivity contribution is 5.97. The normalized spacial score (nSPS) is 31.0. The van der Waals surface area contributed by atoms with Crippen molar-refractivity contribution < 1.29 is 15.0 Å². The van der Waals surface area contributed by atoms with Gasteiger partial charge in [0, 0.05) is 29.6 Å². The number of piperidine rings is 3. The molecule has 0 saturated carbocycles. The summed E-state index contributed by atoms with van der Waals surface area (Å²) in [5, 5.41) is 20.1. The molecule has 2 aromatic carbocycles. The fourth-order valence-electron chi connectivity index (χ4n) is 5.71. The van der Waals surface area contributed by atoms with Crippen molar-refractivity contribution in [2.75, 3.05) is 19.6 Å². The molecule has 2 bridgehead atoms. The Morgan fingerprint density at radius 1 is 1.04 bits per heavy atom. The van der Waals surface area contributed by atoms with Gasteiger partial charge in [0.05, 0.1) is 6.04 Å². The number of hydrogen-bond acceptors (Lipinski definition) is 4. The Balaban J connectivity index is 1.55. The van der Waals surface area contributed by atoms with E-state index in [1.807, 2.05) is 18.2 Å². The lowest BCUT2D eigenvalue weighted by Crippen LogP contribution is -2.60. The summed E-state index contributed by atoms with van der Waals surface area (Å²) >= 11 is 0. The highest BCUT2D eigenvalue weighted by atomic mass is 16.3. The number of rotatable bonds is 2. The molecule has 0 unspecified atom stereocenters. The molecule has 0 aromatic heterocycles. The summed E-state index contributed by atoms with van der Waals surface area (Å²) < 4.78 is 0. The van der Waals surface area contributed by atoms with Gasteiger partial charge < -0.3 is 15.1 Å². The zero-order valence-corrected chi connectivity index (χ0v) is 16.1. The van der Waals surface area contributed by atoms with E-state index in [0.717, 1.165) is 31.5 Å². The first-order valence-electron chi connectivity index (χ1n) is 10.2. The van der Waals surface area contributed by atoms with Gasteiger partial charge >= 0.3 is 0 Å². The molecule has 5 nitrogen and oxygen atoms in total. The summed E-state index contributed by atoms with van der Waals surface area (Å²) in [7, 11) is 0. The molecule has 0 radical (unpaired) electrons. The molecular formula is C23H26N2O3. The second-order valence-electron chi connectivity index (χ2n) is 8.46. The monoisotopic (exact) mass is 378 g/mol. The summed E-state index contributed by atoms with van der Waals surface area (Å²) in [5.41, 5.74) is 2.34. The minimum absolute atomic E-state index is 0.0137. The van der Waals surface area contributed by atoms with Crippen LogP contribution in [0.25, 0.3) is 0 Å². The number of fused-ring (bicyclic) bond motifs is 2. The SMILES string of the molecule is Cc1c(O)cccc1C(=O)N1C[C@H](c2cccc(O)c2)[C@H]2[C@@H]1C1CCN2CC1. The lowest BCUT2D eigenvalue weighted by Gasteiger charge is -2.51. The number of phenols is 2. The number of nitrogens with zero attached hydrogens (tertiary/aromatic N) is 2. The molecule has 4 aliphatic rings. The molecule has 5 heteroatoms. The van der Waals surface area contributed by atoms with Gasteiger partial charge in [0.2, 0.25) is 0 Å². The number of hydrogen-bond donors (Lipinski definition) is 2. The van der Waals surface area contributed by atoms with Gasteiger partial charge in [-0.1, -0.05) is 18.2 Å².